The molecule has 24 heavy (non-hydrogen) atoms. The Kier molecular flexibility index (Phi) is 3.59. The molecule has 1 atom stereocenters. The summed E-state index contributed by atoms with van der Waals surface area (Å²) in [4.78, 5) is 19.3. The van der Waals surface area contributed by atoms with Gasteiger partial charge >= 0.3 is 0 Å². The van der Waals surface area contributed by atoms with Crippen molar-refractivity contribution < 1.29 is 4.79 Å². The second-order valence-corrected chi connectivity index (χ2v) is 6.50. The van der Waals surface area contributed by atoms with Crippen molar-refractivity contribution in [3.8, 4) is 0 Å². The van der Waals surface area contributed by atoms with Gasteiger partial charge in [0.05, 0.1) is 17.3 Å². The van der Waals surface area contributed by atoms with Crippen molar-refractivity contribution in [2.24, 2.45) is 0 Å². The van der Waals surface area contributed by atoms with Gasteiger partial charge in [0.25, 0.3) is 5.91 Å². The highest BCUT2D eigenvalue weighted by molar-refractivity contribution is 5.99. The lowest BCUT2D eigenvalue weighted by Gasteiger charge is -2.33. The number of aryl methyl sites for hydroxylation is 2. The van der Waals surface area contributed by atoms with E-state index in [-0.39, 0.29) is 11.9 Å². The highest BCUT2D eigenvalue weighted by Crippen LogP contribution is 2.24. The Labute approximate surface area is 140 Å². The first-order valence-corrected chi connectivity index (χ1v) is 8.37. The quantitative estimate of drug-likeness (QED) is 0.728. The van der Waals surface area contributed by atoms with Crippen molar-refractivity contribution in [1.82, 2.24) is 24.1 Å². The van der Waals surface area contributed by atoms with Crippen molar-refractivity contribution in [3.63, 3.8) is 0 Å². The summed E-state index contributed by atoms with van der Waals surface area (Å²) in [6, 6.07) is 6.09. The number of rotatable bonds is 2. The molecule has 6 nitrogen and oxygen atoms in total. The van der Waals surface area contributed by atoms with Gasteiger partial charge in [-0.3, -0.25) is 9.48 Å². The first-order chi connectivity index (χ1) is 11.6. The summed E-state index contributed by atoms with van der Waals surface area (Å²) >= 11 is 0. The van der Waals surface area contributed by atoms with E-state index < -0.39 is 0 Å². The van der Waals surface area contributed by atoms with Crippen LogP contribution in [-0.2, 0) is 0 Å². The Bertz CT molecular complexity index is 894. The minimum absolute atomic E-state index is 0.0537. The van der Waals surface area contributed by atoms with Gasteiger partial charge in [-0.2, -0.15) is 5.10 Å². The van der Waals surface area contributed by atoms with E-state index >= 15 is 0 Å². The van der Waals surface area contributed by atoms with E-state index in [0.717, 1.165) is 36.4 Å². The van der Waals surface area contributed by atoms with Crippen LogP contribution in [0.2, 0.25) is 0 Å². The largest absolute Gasteiger partial charge is 0.336 e. The molecule has 0 saturated carbocycles. The zero-order valence-electron chi connectivity index (χ0n) is 14.0. The monoisotopic (exact) mass is 323 g/mol. The normalized spacial score (nSPS) is 18.2. The number of amides is 1. The third-order valence-electron chi connectivity index (χ3n) is 4.72. The van der Waals surface area contributed by atoms with Crippen LogP contribution in [0.25, 0.3) is 5.65 Å². The lowest BCUT2D eigenvalue weighted by atomic mass is 10.0. The number of hydrogen-bond acceptors (Lipinski definition) is 3. The fraction of sp³-hybridized carbons (Fsp3) is 0.389. The van der Waals surface area contributed by atoms with Crippen molar-refractivity contribution >= 4 is 11.6 Å². The van der Waals surface area contributed by atoms with Gasteiger partial charge in [-0.15, -0.1) is 0 Å². The maximum absolute atomic E-state index is 13.0. The van der Waals surface area contributed by atoms with Crippen LogP contribution in [-0.4, -0.2) is 43.1 Å². The average molecular weight is 323 g/mol. The van der Waals surface area contributed by atoms with Crippen LogP contribution < -0.4 is 0 Å². The Morgan fingerprint density at radius 2 is 2.17 bits per heavy atom. The first kappa shape index (κ1) is 14.9. The lowest BCUT2D eigenvalue weighted by Crippen LogP contribution is -2.41. The average Bonchev–Trinajstić information content (AvgIpc) is 3.20. The van der Waals surface area contributed by atoms with Crippen LogP contribution in [0.4, 0.5) is 0 Å². The molecule has 0 bridgehead atoms. The first-order valence-electron chi connectivity index (χ1n) is 8.37. The topological polar surface area (TPSA) is 55.4 Å². The molecule has 1 amide bonds. The number of imidazole rings is 1. The molecule has 0 N–H and O–H groups in total. The van der Waals surface area contributed by atoms with Crippen LogP contribution in [0.15, 0.2) is 36.8 Å². The summed E-state index contributed by atoms with van der Waals surface area (Å²) in [5.41, 5.74) is 3.56. The molecule has 1 unspecified atom stereocenters. The molecule has 0 aliphatic carbocycles. The standard InChI is InChI=1S/C18H21N5O/c1-13-11-14(2)23(20-13)15-5-3-9-22(12-15)18(24)16-6-4-8-21-10-7-19-17(16)21/h4,6-8,10-11,15H,3,5,9,12H2,1-2H3. The predicted octanol–water partition coefficient (Wildman–Crippen LogP) is 2.62. The summed E-state index contributed by atoms with van der Waals surface area (Å²) < 4.78 is 3.96. The molecule has 1 saturated heterocycles. The summed E-state index contributed by atoms with van der Waals surface area (Å²) in [5.74, 6) is 0.0537. The number of hydrogen-bond donors (Lipinski definition) is 0. The number of carbonyl (C=O) groups is 1. The van der Waals surface area contributed by atoms with Gasteiger partial charge in [-0.05, 0) is 44.9 Å². The summed E-state index contributed by atoms with van der Waals surface area (Å²) in [7, 11) is 0. The second kappa shape index (κ2) is 5.78. The minimum Gasteiger partial charge on any atom is -0.336 e. The Morgan fingerprint density at radius 1 is 1.29 bits per heavy atom. The molecule has 0 radical (unpaired) electrons. The van der Waals surface area contributed by atoms with Crippen molar-refractivity contribution in [2.45, 2.75) is 32.7 Å². The number of aromatic nitrogens is 4. The molecule has 3 aromatic heterocycles. The van der Waals surface area contributed by atoms with Crippen LogP contribution in [0.1, 0.15) is 40.6 Å². The Morgan fingerprint density at radius 3 is 2.96 bits per heavy atom. The molecular weight excluding hydrogens is 302 g/mol. The number of piperidine rings is 1. The van der Waals surface area contributed by atoms with Gasteiger partial charge in [0.2, 0.25) is 0 Å². The molecule has 3 aromatic rings. The van der Waals surface area contributed by atoms with E-state index in [0.29, 0.717) is 12.1 Å². The number of likely N-dealkylation sites (tertiary alicyclic amines) is 1. The third-order valence-corrected chi connectivity index (χ3v) is 4.72. The molecular formula is C18H21N5O. The lowest BCUT2D eigenvalue weighted by molar-refractivity contribution is 0.0673. The summed E-state index contributed by atoms with van der Waals surface area (Å²) in [6.07, 6.45) is 7.54. The van der Waals surface area contributed by atoms with E-state index in [1.54, 1.807) is 6.20 Å². The predicted molar refractivity (Wildman–Crippen MR) is 91.1 cm³/mol. The number of carbonyl (C=O) groups excluding carboxylic acids is 1. The summed E-state index contributed by atoms with van der Waals surface area (Å²) in [6.45, 7) is 5.57. The molecule has 6 heteroatoms. The van der Waals surface area contributed by atoms with Gasteiger partial charge in [0.15, 0.2) is 0 Å². The fourth-order valence-corrected chi connectivity index (χ4v) is 3.64. The highest BCUT2D eigenvalue weighted by atomic mass is 16.2. The molecule has 124 valence electrons. The van der Waals surface area contributed by atoms with E-state index in [9.17, 15) is 4.79 Å². The molecule has 4 heterocycles. The SMILES string of the molecule is Cc1cc(C)n(C2CCCN(C(=O)c3cccn4ccnc34)C2)n1. The van der Waals surface area contributed by atoms with E-state index in [4.69, 9.17) is 0 Å². The van der Waals surface area contributed by atoms with E-state index in [1.807, 2.05) is 40.8 Å². The van der Waals surface area contributed by atoms with Crippen LogP contribution >= 0.6 is 0 Å². The maximum Gasteiger partial charge on any atom is 0.257 e. The molecule has 1 fully saturated rings. The van der Waals surface area contributed by atoms with Gasteiger partial charge in [0.1, 0.15) is 5.65 Å². The maximum atomic E-state index is 13.0. The van der Waals surface area contributed by atoms with Crippen molar-refractivity contribution in [2.75, 3.05) is 13.1 Å². The van der Waals surface area contributed by atoms with Gasteiger partial charge < -0.3 is 9.30 Å². The molecule has 1 aliphatic heterocycles. The van der Waals surface area contributed by atoms with E-state index in [2.05, 4.69) is 27.8 Å². The van der Waals surface area contributed by atoms with Gasteiger partial charge in [-0.25, -0.2) is 4.98 Å². The Hall–Kier alpha value is -2.63. The molecule has 0 aromatic carbocycles. The van der Waals surface area contributed by atoms with Crippen molar-refractivity contribution in [1.29, 1.82) is 0 Å². The third kappa shape index (κ3) is 2.48. The zero-order chi connectivity index (χ0) is 16.7. The Balaban J connectivity index is 1.61. The molecule has 1 aliphatic rings. The highest BCUT2D eigenvalue weighted by Gasteiger charge is 2.28. The van der Waals surface area contributed by atoms with Gasteiger partial charge in [-0.1, -0.05) is 0 Å². The smallest absolute Gasteiger partial charge is 0.257 e. The van der Waals surface area contributed by atoms with Crippen LogP contribution in [0, 0.1) is 13.8 Å². The fourth-order valence-electron chi connectivity index (χ4n) is 3.64. The molecule has 0 spiro atoms. The van der Waals surface area contributed by atoms with Crippen LogP contribution in [0.5, 0.6) is 0 Å². The molecule has 4 rings (SSSR count). The number of nitrogens with zero attached hydrogens (tertiary/aromatic N) is 5. The second-order valence-electron chi connectivity index (χ2n) is 6.50. The summed E-state index contributed by atoms with van der Waals surface area (Å²) in [5, 5.41) is 4.60. The van der Waals surface area contributed by atoms with Crippen LogP contribution in [0.3, 0.4) is 0 Å². The van der Waals surface area contributed by atoms with Gasteiger partial charge in [0, 0.05) is 37.4 Å². The van der Waals surface area contributed by atoms with E-state index in [1.165, 1.54) is 0 Å². The number of pyridine rings is 1. The zero-order valence-corrected chi connectivity index (χ0v) is 14.0. The van der Waals surface area contributed by atoms with Crippen molar-refractivity contribution in [3.05, 3.63) is 53.7 Å². The number of fused-ring (bicyclic) bond motifs is 1. The minimum atomic E-state index is 0.0537.